The number of amides is 1. The van der Waals surface area contributed by atoms with Crippen molar-refractivity contribution in [1.29, 1.82) is 0 Å². The summed E-state index contributed by atoms with van der Waals surface area (Å²) in [6.07, 6.45) is 8.22. The van der Waals surface area contributed by atoms with E-state index in [1.165, 1.54) is 25.7 Å². The van der Waals surface area contributed by atoms with E-state index in [0.717, 1.165) is 29.5 Å². The number of hydrogen-bond acceptors (Lipinski definition) is 2. The zero-order valence-electron chi connectivity index (χ0n) is 15.5. The maximum atomic E-state index is 13.3. The van der Waals surface area contributed by atoms with Gasteiger partial charge in [0.05, 0.1) is 6.10 Å². The predicted octanol–water partition coefficient (Wildman–Crippen LogP) is 3.99. The molecule has 0 bridgehead atoms. The van der Waals surface area contributed by atoms with Gasteiger partial charge in [-0.2, -0.15) is 0 Å². The van der Waals surface area contributed by atoms with E-state index >= 15 is 0 Å². The molecule has 2 atom stereocenters. The van der Waals surface area contributed by atoms with Crippen LogP contribution in [0.1, 0.15) is 49.4 Å². The summed E-state index contributed by atoms with van der Waals surface area (Å²) in [5.41, 5.74) is 2.11. The molecule has 2 aliphatic rings. The van der Waals surface area contributed by atoms with Crippen molar-refractivity contribution in [3.05, 3.63) is 36.0 Å². The Balaban J connectivity index is 1.62. The Bertz CT molecular complexity index is 788. The summed E-state index contributed by atoms with van der Waals surface area (Å²) in [6.45, 7) is 2.83. The van der Waals surface area contributed by atoms with Crippen molar-refractivity contribution in [2.45, 2.75) is 51.2 Å². The minimum Gasteiger partial charge on any atom is -0.378 e. The van der Waals surface area contributed by atoms with Gasteiger partial charge < -0.3 is 14.2 Å². The van der Waals surface area contributed by atoms with E-state index in [1.807, 2.05) is 43.4 Å². The van der Waals surface area contributed by atoms with Crippen LogP contribution in [0.4, 0.5) is 0 Å². The van der Waals surface area contributed by atoms with Crippen LogP contribution in [-0.2, 0) is 11.8 Å². The summed E-state index contributed by atoms with van der Waals surface area (Å²) < 4.78 is 8.08. The molecule has 2 aromatic rings. The van der Waals surface area contributed by atoms with Gasteiger partial charge in [0.1, 0.15) is 0 Å². The number of aryl methyl sites for hydroxylation is 1. The zero-order chi connectivity index (χ0) is 17.6. The number of hydrogen-bond donors (Lipinski definition) is 0. The molecule has 25 heavy (non-hydrogen) atoms. The van der Waals surface area contributed by atoms with Crippen molar-refractivity contribution in [1.82, 2.24) is 9.47 Å². The van der Waals surface area contributed by atoms with E-state index in [1.54, 1.807) is 0 Å². The molecular weight excluding hydrogens is 312 g/mol. The molecule has 4 nitrogen and oxygen atoms in total. The largest absolute Gasteiger partial charge is 0.378 e. The van der Waals surface area contributed by atoms with E-state index in [2.05, 4.69) is 17.6 Å². The fraction of sp³-hybridized carbons (Fsp3) is 0.571. The van der Waals surface area contributed by atoms with Crippen LogP contribution < -0.4 is 0 Å². The predicted molar refractivity (Wildman–Crippen MR) is 99.7 cm³/mol. The quantitative estimate of drug-likeness (QED) is 0.843. The first kappa shape index (κ1) is 16.6. The third-order valence-electron chi connectivity index (χ3n) is 6.59. The first-order chi connectivity index (χ1) is 12.1. The van der Waals surface area contributed by atoms with Crippen LogP contribution >= 0.6 is 0 Å². The Kier molecular flexibility index (Phi) is 4.11. The topological polar surface area (TPSA) is 34.5 Å². The van der Waals surface area contributed by atoms with Gasteiger partial charge in [-0.05, 0) is 44.4 Å². The second-order valence-electron chi connectivity index (χ2n) is 7.72. The molecule has 1 amide bonds. The smallest absolute Gasteiger partial charge is 0.254 e. The van der Waals surface area contributed by atoms with E-state index < -0.39 is 0 Å². The van der Waals surface area contributed by atoms with Crippen LogP contribution in [0.25, 0.3) is 10.9 Å². The lowest BCUT2D eigenvalue weighted by Gasteiger charge is -2.57. The number of carbonyl (C=O) groups excluding carboxylic acids is 1. The van der Waals surface area contributed by atoms with Crippen LogP contribution in [0.5, 0.6) is 0 Å². The second kappa shape index (κ2) is 6.17. The van der Waals surface area contributed by atoms with Crippen molar-refractivity contribution >= 4 is 16.8 Å². The second-order valence-corrected chi connectivity index (χ2v) is 7.72. The van der Waals surface area contributed by atoms with Crippen LogP contribution in [0.3, 0.4) is 0 Å². The molecule has 2 saturated carbocycles. The molecule has 1 aromatic heterocycles. The lowest BCUT2D eigenvalue weighted by Crippen LogP contribution is -2.64. The van der Waals surface area contributed by atoms with Crippen LogP contribution in [0.2, 0.25) is 0 Å². The van der Waals surface area contributed by atoms with Gasteiger partial charge >= 0.3 is 0 Å². The molecule has 0 aliphatic heterocycles. The van der Waals surface area contributed by atoms with Gasteiger partial charge in [0.25, 0.3) is 5.91 Å². The Hall–Kier alpha value is -1.81. The van der Waals surface area contributed by atoms with Gasteiger partial charge in [0.2, 0.25) is 0 Å². The van der Waals surface area contributed by atoms with Gasteiger partial charge in [-0.15, -0.1) is 0 Å². The zero-order valence-corrected chi connectivity index (χ0v) is 15.5. The highest BCUT2D eigenvalue weighted by molar-refractivity contribution is 6.06. The molecule has 2 fully saturated rings. The minimum absolute atomic E-state index is 0.142. The normalized spacial score (nSPS) is 24.6. The summed E-state index contributed by atoms with van der Waals surface area (Å²) in [6, 6.07) is 8.36. The molecule has 2 aliphatic carbocycles. The fourth-order valence-electron chi connectivity index (χ4n) is 5.21. The maximum absolute atomic E-state index is 13.3. The number of benzene rings is 1. The third-order valence-corrected chi connectivity index (χ3v) is 6.59. The van der Waals surface area contributed by atoms with Crippen molar-refractivity contribution in [2.75, 3.05) is 13.7 Å². The Morgan fingerprint density at radius 3 is 2.80 bits per heavy atom. The first-order valence-electron chi connectivity index (χ1n) is 9.51. The van der Waals surface area contributed by atoms with Crippen molar-refractivity contribution in [3.8, 4) is 0 Å². The molecule has 4 rings (SSSR count). The van der Waals surface area contributed by atoms with Gasteiger partial charge in [0.15, 0.2) is 0 Å². The van der Waals surface area contributed by atoms with E-state index in [-0.39, 0.29) is 11.3 Å². The van der Waals surface area contributed by atoms with Crippen LogP contribution in [0, 0.1) is 5.41 Å². The first-order valence-corrected chi connectivity index (χ1v) is 9.51. The average Bonchev–Trinajstić information content (AvgIpc) is 3.26. The molecule has 134 valence electrons. The molecule has 0 N–H and O–H groups in total. The maximum Gasteiger partial charge on any atom is 0.254 e. The standard InChI is InChI=1S/C21H28N2O2/c1-4-25-19-14-18(21(19)11-5-6-12-21)23(3)20(24)16-8-7-9-17-15(16)10-13-22(17)2/h7-10,13,18-19H,4-6,11-12,14H2,1-3H3. The molecule has 1 heterocycles. The molecule has 1 spiro atoms. The SMILES string of the molecule is CCOC1CC(N(C)C(=O)c2cccc3c2ccn3C)C12CCCC2. The molecule has 4 heteroatoms. The molecular formula is C21H28N2O2. The highest BCUT2D eigenvalue weighted by atomic mass is 16.5. The monoisotopic (exact) mass is 340 g/mol. The van der Waals surface area contributed by atoms with Gasteiger partial charge in [-0.1, -0.05) is 18.9 Å². The minimum atomic E-state index is 0.142. The van der Waals surface area contributed by atoms with Gasteiger partial charge in [0, 0.05) is 54.8 Å². The van der Waals surface area contributed by atoms with E-state index in [0.29, 0.717) is 12.1 Å². The lowest BCUT2D eigenvalue weighted by molar-refractivity contribution is -0.152. The van der Waals surface area contributed by atoms with Gasteiger partial charge in [-0.3, -0.25) is 4.79 Å². The number of fused-ring (bicyclic) bond motifs is 1. The summed E-state index contributed by atoms with van der Waals surface area (Å²) >= 11 is 0. The van der Waals surface area contributed by atoms with Crippen molar-refractivity contribution in [3.63, 3.8) is 0 Å². The summed E-state index contributed by atoms with van der Waals surface area (Å²) in [4.78, 5) is 15.3. The Morgan fingerprint density at radius 1 is 1.32 bits per heavy atom. The molecule has 1 aromatic carbocycles. The molecule has 0 saturated heterocycles. The van der Waals surface area contributed by atoms with E-state index in [9.17, 15) is 4.79 Å². The fourth-order valence-corrected chi connectivity index (χ4v) is 5.21. The summed E-state index contributed by atoms with van der Waals surface area (Å²) in [7, 11) is 4.00. The van der Waals surface area contributed by atoms with Crippen LogP contribution in [0.15, 0.2) is 30.5 Å². The van der Waals surface area contributed by atoms with Crippen molar-refractivity contribution in [2.24, 2.45) is 12.5 Å². The number of rotatable bonds is 4. The Morgan fingerprint density at radius 2 is 2.08 bits per heavy atom. The number of aromatic nitrogens is 1. The number of nitrogens with zero attached hydrogens (tertiary/aromatic N) is 2. The summed E-state index contributed by atoms with van der Waals surface area (Å²) in [5, 5.41) is 1.04. The summed E-state index contributed by atoms with van der Waals surface area (Å²) in [5.74, 6) is 0.142. The number of ether oxygens (including phenoxy) is 1. The molecule has 2 unspecified atom stereocenters. The van der Waals surface area contributed by atoms with Crippen LogP contribution in [-0.4, -0.2) is 41.2 Å². The lowest BCUT2D eigenvalue weighted by atomic mass is 9.60. The van der Waals surface area contributed by atoms with Gasteiger partial charge in [-0.25, -0.2) is 0 Å². The molecule has 0 radical (unpaired) electrons. The highest BCUT2D eigenvalue weighted by Gasteiger charge is 2.58. The highest BCUT2D eigenvalue weighted by Crippen LogP contribution is 2.56. The Labute approximate surface area is 149 Å². The third kappa shape index (κ3) is 2.42. The number of carbonyl (C=O) groups is 1. The van der Waals surface area contributed by atoms with Crippen molar-refractivity contribution < 1.29 is 9.53 Å². The van der Waals surface area contributed by atoms with E-state index in [4.69, 9.17) is 4.74 Å². The average molecular weight is 340 g/mol.